The maximum atomic E-state index is 12.6. The molecule has 24 heavy (non-hydrogen) atoms. The molecular formula is C19H17N3OS. The van der Waals surface area contributed by atoms with E-state index in [-0.39, 0.29) is 18.0 Å². The van der Waals surface area contributed by atoms with Crippen molar-refractivity contribution < 1.29 is 4.79 Å². The molecule has 0 bridgehead atoms. The molecule has 2 aliphatic heterocycles. The van der Waals surface area contributed by atoms with Crippen LogP contribution in [-0.2, 0) is 11.2 Å². The van der Waals surface area contributed by atoms with Crippen LogP contribution in [0.2, 0.25) is 0 Å². The third kappa shape index (κ3) is 1.58. The molecule has 1 aromatic heterocycles. The van der Waals surface area contributed by atoms with Crippen LogP contribution in [0.15, 0.2) is 36.4 Å². The summed E-state index contributed by atoms with van der Waals surface area (Å²) < 4.78 is 0. The first-order valence-corrected chi connectivity index (χ1v) is 8.61. The minimum Gasteiger partial charge on any atom is -0.356 e. The average molecular weight is 335 g/mol. The van der Waals surface area contributed by atoms with Gasteiger partial charge in [-0.05, 0) is 30.1 Å². The minimum atomic E-state index is -0.171. The molecule has 5 heteroatoms. The fraction of sp³-hybridized carbons (Fsp3) is 0.263. The van der Waals surface area contributed by atoms with Crippen LogP contribution in [0.3, 0.4) is 0 Å². The number of hydrogen-bond acceptors (Lipinski definition) is 2. The van der Waals surface area contributed by atoms with Gasteiger partial charge in [-0.2, -0.15) is 0 Å². The van der Waals surface area contributed by atoms with E-state index in [0.29, 0.717) is 11.5 Å². The zero-order valence-corrected chi connectivity index (χ0v) is 14.4. The number of carbonyl (C=O) groups is 1. The van der Waals surface area contributed by atoms with Crippen LogP contribution in [-0.4, -0.2) is 38.9 Å². The van der Waals surface area contributed by atoms with E-state index in [1.807, 2.05) is 0 Å². The SMILES string of the molecule is C[C@H]1c2[nH]c3c(ccc4ccccc43)c2C[C@@H]2C(=O)N(C)C(=S)N21. The molecule has 2 aliphatic rings. The Hall–Kier alpha value is -2.40. The lowest BCUT2D eigenvalue weighted by Gasteiger charge is -2.34. The Balaban J connectivity index is 1.77. The second-order valence-electron chi connectivity index (χ2n) is 6.71. The van der Waals surface area contributed by atoms with Gasteiger partial charge in [-0.3, -0.25) is 9.69 Å². The van der Waals surface area contributed by atoms with E-state index in [0.717, 1.165) is 5.52 Å². The van der Waals surface area contributed by atoms with Crippen molar-refractivity contribution in [2.45, 2.75) is 25.4 Å². The van der Waals surface area contributed by atoms with Crippen LogP contribution in [0.1, 0.15) is 24.2 Å². The van der Waals surface area contributed by atoms with Gasteiger partial charge >= 0.3 is 0 Å². The van der Waals surface area contributed by atoms with Crippen LogP contribution in [0.4, 0.5) is 0 Å². The highest BCUT2D eigenvalue weighted by atomic mass is 32.1. The van der Waals surface area contributed by atoms with Gasteiger partial charge < -0.3 is 9.88 Å². The van der Waals surface area contributed by atoms with Gasteiger partial charge in [0.15, 0.2) is 5.11 Å². The van der Waals surface area contributed by atoms with Crippen molar-refractivity contribution in [2.24, 2.45) is 0 Å². The molecule has 1 N–H and O–H groups in total. The lowest BCUT2D eigenvalue weighted by atomic mass is 9.92. The van der Waals surface area contributed by atoms with Crippen LogP contribution in [0, 0.1) is 0 Å². The molecule has 0 aliphatic carbocycles. The van der Waals surface area contributed by atoms with Crippen LogP contribution in [0.25, 0.3) is 21.7 Å². The number of amides is 1. The van der Waals surface area contributed by atoms with E-state index in [4.69, 9.17) is 12.2 Å². The number of likely N-dealkylation sites (N-methyl/N-ethyl adjacent to an activating group) is 1. The van der Waals surface area contributed by atoms with Gasteiger partial charge in [0.2, 0.25) is 0 Å². The van der Waals surface area contributed by atoms with Gasteiger partial charge in [0, 0.05) is 29.9 Å². The third-order valence-electron chi connectivity index (χ3n) is 5.53. The average Bonchev–Trinajstić information content (AvgIpc) is 3.08. The first kappa shape index (κ1) is 14.0. The molecule has 0 saturated carbocycles. The molecule has 3 aromatic rings. The summed E-state index contributed by atoms with van der Waals surface area (Å²) in [5, 5.41) is 4.31. The van der Waals surface area contributed by atoms with E-state index in [2.05, 4.69) is 53.2 Å². The summed E-state index contributed by atoms with van der Waals surface area (Å²) in [6.07, 6.45) is 0.710. The molecule has 0 radical (unpaired) electrons. The highest BCUT2D eigenvalue weighted by molar-refractivity contribution is 7.80. The Bertz CT molecular complexity index is 1040. The first-order valence-electron chi connectivity index (χ1n) is 8.20. The molecule has 2 aromatic carbocycles. The maximum Gasteiger partial charge on any atom is 0.251 e. The number of nitrogens with zero attached hydrogens (tertiary/aromatic N) is 2. The molecule has 5 rings (SSSR count). The molecule has 1 saturated heterocycles. The zero-order chi connectivity index (χ0) is 16.6. The summed E-state index contributed by atoms with van der Waals surface area (Å²) in [6.45, 7) is 2.13. The Morgan fingerprint density at radius 1 is 1.17 bits per heavy atom. The quantitative estimate of drug-likeness (QED) is 0.640. The molecule has 120 valence electrons. The van der Waals surface area contributed by atoms with Crippen molar-refractivity contribution in [3.05, 3.63) is 47.7 Å². The lowest BCUT2D eigenvalue weighted by molar-refractivity contribution is -0.127. The first-order chi connectivity index (χ1) is 11.6. The van der Waals surface area contributed by atoms with Crippen LogP contribution < -0.4 is 0 Å². The predicted octanol–water partition coefficient (Wildman–Crippen LogP) is 3.37. The summed E-state index contributed by atoms with van der Waals surface area (Å²) in [7, 11) is 1.77. The Kier molecular flexibility index (Phi) is 2.66. The van der Waals surface area contributed by atoms with Crippen molar-refractivity contribution in [1.82, 2.24) is 14.8 Å². The largest absolute Gasteiger partial charge is 0.356 e. The molecule has 1 amide bonds. The number of H-pyrrole nitrogens is 1. The lowest BCUT2D eigenvalue weighted by Crippen LogP contribution is -2.42. The number of nitrogens with one attached hydrogen (secondary N) is 1. The van der Waals surface area contributed by atoms with Crippen molar-refractivity contribution in [1.29, 1.82) is 0 Å². The van der Waals surface area contributed by atoms with Gasteiger partial charge in [0.1, 0.15) is 6.04 Å². The third-order valence-corrected chi connectivity index (χ3v) is 6.02. The van der Waals surface area contributed by atoms with Crippen molar-refractivity contribution in [2.75, 3.05) is 7.05 Å². The Morgan fingerprint density at radius 3 is 2.79 bits per heavy atom. The second-order valence-corrected chi connectivity index (χ2v) is 7.07. The second kappa shape index (κ2) is 4.57. The summed E-state index contributed by atoms with van der Waals surface area (Å²) in [5.41, 5.74) is 3.61. The monoisotopic (exact) mass is 335 g/mol. The number of thiocarbonyl (C=S) groups is 1. The van der Waals surface area contributed by atoms with Crippen molar-refractivity contribution in [3.8, 4) is 0 Å². The molecule has 2 atom stereocenters. The molecule has 1 fully saturated rings. The highest BCUT2D eigenvalue weighted by Gasteiger charge is 2.47. The molecule has 4 nitrogen and oxygen atoms in total. The van der Waals surface area contributed by atoms with Crippen molar-refractivity contribution in [3.63, 3.8) is 0 Å². The number of aromatic amines is 1. The Morgan fingerprint density at radius 2 is 1.96 bits per heavy atom. The van der Waals surface area contributed by atoms with Crippen molar-refractivity contribution >= 4 is 44.9 Å². The molecule has 3 heterocycles. The van der Waals surface area contributed by atoms with E-state index in [9.17, 15) is 4.79 Å². The van der Waals surface area contributed by atoms with Gasteiger partial charge in [-0.1, -0.05) is 36.4 Å². The number of hydrogen-bond donors (Lipinski definition) is 1. The standard InChI is InChI=1S/C19H17N3OS/c1-10-16-14(9-15-18(23)21(2)19(24)22(10)15)13-8-7-11-5-3-4-6-12(11)17(13)20-16/h3-8,10,15,20H,9H2,1-2H3/t10-,15+/m0/s1. The Labute approximate surface area is 145 Å². The van der Waals surface area contributed by atoms with E-state index < -0.39 is 0 Å². The zero-order valence-electron chi connectivity index (χ0n) is 13.5. The number of aromatic nitrogens is 1. The van der Waals surface area contributed by atoms with Gasteiger partial charge in [0.25, 0.3) is 5.91 Å². The smallest absolute Gasteiger partial charge is 0.251 e. The topological polar surface area (TPSA) is 39.3 Å². The van der Waals surface area contributed by atoms with Crippen LogP contribution >= 0.6 is 12.2 Å². The van der Waals surface area contributed by atoms with E-state index >= 15 is 0 Å². The van der Waals surface area contributed by atoms with E-state index in [1.165, 1.54) is 27.4 Å². The highest BCUT2D eigenvalue weighted by Crippen LogP contribution is 2.41. The predicted molar refractivity (Wildman–Crippen MR) is 98.9 cm³/mol. The van der Waals surface area contributed by atoms with Crippen LogP contribution in [0.5, 0.6) is 0 Å². The summed E-state index contributed by atoms with van der Waals surface area (Å²) in [6, 6.07) is 12.6. The fourth-order valence-corrected chi connectivity index (χ4v) is 4.66. The maximum absolute atomic E-state index is 12.6. The summed E-state index contributed by atoms with van der Waals surface area (Å²) in [5.74, 6) is 0.104. The minimum absolute atomic E-state index is 0.0753. The molecule has 0 unspecified atom stereocenters. The number of benzene rings is 2. The fourth-order valence-electron chi connectivity index (χ4n) is 4.29. The molecule has 0 spiro atoms. The summed E-state index contributed by atoms with van der Waals surface area (Å²) >= 11 is 5.50. The summed E-state index contributed by atoms with van der Waals surface area (Å²) in [4.78, 5) is 19.9. The van der Waals surface area contributed by atoms with Gasteiger partial charge in [0.05, 0.1) is 11.6 Å². The number of fused-ring (bicyclic) bond motifs is 6. The number of carbonyl (C=O) groups excluding carboxylic acids is 1. The normalized spacial score (nSPS) is 23.2. The van der Waals surface area contributed by atoms with E-state index in [1.54, 1.807) is 11.9 Å². The molecular weight excluding hydrogens is 318 g/mol. The van der Waals surface area contributed by atoms with Gasteiger partial charge in [-0.25, -0.2) is 0 Å². The number of rotatable bonds is 0. The van der Waals surface area contributed by atoms with Gasteiger partial charge in [-0.15, -0.1) is 0 Å².